The standard InChI is InChI=1S/C25H33N5O2/c1-17(2)23(26)16-27-20-6-8-21(9-7-20)29-24-14-18(3)4-5-19(24)15-28-30(25(29)31)22-10-12-32-13-11-22/h4-9,14-15,17,22-23,27H,10-13,16,26H2,1-3H3. The average molecular weight is 436 g/mol. The molecule has 0 aromatic heterocycles. The summed E-state index contributed by atoms with van der Waals surface area (Å²) in [5.41, 5.74) is 10.8. The number of hydrogen-bond donors (Lipinski definition) is 2. The van der Waals surface area contributed by atoms with Crippen LogP contribution in [-0.4, -0.2) is 49.1 Å². The predicted molar refractivity (Wildman–Crippen MR) is 130 cm³/mol. The molecule has 2 aromatic rings. The van der Waals surface area contributed by atoms with Gasteiger partial charge in [-0.25, -0.2) is 9.80 Å². The minimum absolute atomic E-state index is 0.0314. The summed E-state index contributed by atoms with van der Waals surface area (Å²) in [5.74, 6) is 0.410. The van der Waals surface area contributed by atoms with Crippen LogP contribution in [0, 0.1) is 12.8 Å². The Morgan fingerprint density at radius 2 is 1.88 bits per heavy atom. The lowest BCUT2D eigenvalue weighted by atomic mass is 10.1. The molecule has 0 radical (unpaired) electrons. The second-order valence-electron chi connectivity index (χ2n) is 8.95. The smallest absolute Gasteiger partial charge is 0.349 e. The number of anilines is 3. The zero-order valence-electron chi connectivity index (χ0n) is 19.1. The van der Waals surface area contributed by atoms with Crippen LogP contribution in [0.15, 0.2) is 47.6 Å². The fourth-order valence-electron chi connectivity index (χ4n) is 3.97. The van der Waals surface area contributed by atoms with Crippen LogP contribution in [0.25, 0.3) is 0 Å². The molecule has 1 fully saturated rings. The first kappa shape index (κ1) is 22.3. The fourth-order valence-corrected chi connectivity index (χ4v) is 3.97. The Labute approximate surface area is 190 Å². The molecule has 2 aromatic carbocycles. The van der Waals surface area contributed by atoms with E-state index in [1.165, 1.54) is 0 Å². The molecule has 1 atom stereocenters. The van der Waals surface area contributed by atoms with Crippen molar-refractivity contribution in [2.24, 2.45) is 16.8 Å². The van der Waals surface area contributed by atoms with Crippen LogP contribution >= 0.6 is 0 Å². The third-order valence-electron chi connectivity index (χ3n) is 6.20. The van der Waals surface area contributed by atoms with Gasteiger partial charge in [-0.1, -0.05) is 26.0 Å². The van der Waals surface area contributed by atoms with Crippen LogP contribution < -0.4 is 16.0 Å². The highest BCUT2D eigenvalue weighted by atomic mass is 16.5. The molecule has 2 amide bonds. The second-order valence-corrected chi connectivity index (χ2v) is 8.95. The summed E-state index contributed by atoms with van der Waals surface area (Å²) in [6.07, 6.45) is 3.36. The molecular weight excluding hydrogens is 402 g/mol. The molecule has 2 heterocycles. The number of urea groups is 1. The molecule has 0 aliphatic carbocycles. The van der Waals surface area contributed by atoms with E-state index in [9.17, 15) is 4.79 Å². The first-order chi connectivity index (χ1) is 15.4. The Bertz CT molecular complexity index is 967. The van der Waals surface area contributed by atoms with E-state index >= 15 is 0 Å². The number of hydrogen-bond acceptors (Lipinski definition) is 5. The highest BCUT2D eigenvalue weighted by molar-refractivity contribution is 6.06. The Morgan fingerprint density at radius 3 is 2.56 bits per heavy atom. The topological polar surface area (TPSA) is 83.2 Å². The van der Waals surface area contributed by atoms with Crippen LogP contribution in [0.1, 0.15) is 37.8 Å². The van der Waals surface area contributed by atoms with Crippen molar-refractivity contribution in [2.75, 3.05) is 30.0 Å². The number of nitrogens with zero attached hydrogens (tertiary/aromatic N) is 3. The first-order valence-electron chi connectivity index (χ1n) is 11.4. The molecule has 0 bridgehead atoms. The molecule has 1 saturated heterocycles. The lowest BCUT2D eigenvalue weighted by Crippen LogP contribution is -2.45. The van der Waals surface area contributed by atoms with Gasteiger partial charge in [0.2, 0.25) is 0 Å². The third-order valence-corrected chi connectivity index (χ3v) is 6.20. The molecule has 2 aliphatic rings. The zero-order valence-corrected chi connectivity index (χ0v) is 19.1. The Balaban J connectivity index is 1.64. The SMILES string of the molecule is Cc1ccc2c(c1)N(c1ccc(NCC(N)C(C)C)cc1)C(=O)N(C1CCOCC1)N=C2. The number of carbonyl (C=O) groups is 1. The summed E-state index contributed by atoms with van der Waals surface area (Å²) < 4.78 is 5.49. The highest BCUT2D eigenvalue weighted by Gasteiger charge is 2.33. The maximum Gasteiger partial charge on any atom is 0.349 e. The third kappa shape index (κ3) is 4.79. The second kappa shape index (κ2) is 9.71. The van der Waals surface area contributed by atoms with Crippen molar-refractivity contribution in [3.8, 4) is 0 Å². The minimum atomic E-state index is -0.139. The predicted octanol–water partition coefficient (Wildman–Crippen LogP) is 4.48. The fraction of sp³-hybridized carbons (Fsp3) is 0.440. The van der Waals surface area contributed by atoms with Gasteiger partial charge in [-0.2, -0.15) is 5.10 Å². The minimum Gasteiger partial charge on any atom is -0.383 e. The number of aryl methyl sites for hydroxylation is 1. The molecule has 4 rings (SSSR count). The van der Waals surface area contributed by atoms with Crippen LogP contribution in [0.2, 0.25) is 0 Å². The molecule has 2 aliphatic heterocycles. The highest BCUT2D eigenvalue weighted by Crippen LogP contribution is 2.34. The number of amides is 2. The number of fused-ring (bicyclic) bond motifs is 1. The molecule has 32 heavy (non-hydrogen) atoms. The summed E-state index contributed by atoms with van der Waals surface area (Å²) in [6, 6.07) is 14.0. The van der Waals surface area contributed by atoms with Gasteiger partial charge in [-0.3, -0.25) is 4.90 Å². The van der Waals surface area contributed by atoms with E-state index in [0.29, 0.717) is 25.7 Å². The number of ether oxygens (including phenoxy) is 1. The van der Waals surface area contributed by atoms with Crippen molar-refractivity contribution < 1.29 is 9.53 Å². The van der Waals surface area contributed by atoms with Crippen LogP contribution in [0.4, 0.5) is 21.9 Å². The lowest BCUT2D eigenvalue weighted by molar-refractivity contribution is 0.0484. The van der Waals surface area contributed by atoms with Crippen molar-refractivity contribution in [1.29, 1.82) is 0 Å². The van der Waals surface area contributed by atoms with Crippen LogP contribution in [0.5, 0.6) is 0 Å². The summed E-state index contributed by atoms with van der Waals surface area (Å²) in [5, 5.41) is 9.61. The molecular formula is C25H33N5O2. The number of hydrazone groups is 1. The monoisotopic (exact) mass is 435 g/mol. The van der Waals surface area contributed by atoms with Gasteiger partial charge in [-0.15, -0.1) is 0 Å². The van der Waals surface area contributed by atoms with Gasteiger partial charge in [0.1, 0.15) is 0 Å². The summed E-state index contributed by atoms with van der Waals surface area (Å²) in [6.45, 7) is 8.27. The molecule has 7 nitrogen and oxygen atoms in total. The molecule has 3 N–H and O–H groups in total. The quantitative estimate of drug-likeness (QED) is 0.701. The molecule has 7 heteroatoms. The van der Waals surface area contributed by atoms with Gasteiger partial charge in [-0.05, 0) is 61.6 Å². The van der Waals surface area contributed by atoms with Crippen LogP contribution in [-0.2, 0) is 4.74 Å². The molecule has 0 saturated carbocycles. The van der Waals surface area contributed by atoms with E-state index in [1.54, 1.807) is 16.1 Å². The lowest BCUT2D eigenvalue weighted by Gasteiger charge is -2.33. The summed E-state index contributed by atoms with van der Waals surface area (Å²) >= 11 is 0. The summed E-state index contributed by atoms with van der Waals surface area (Å²) in [4.78, 5) is 15.5. The van der Waals surface area contributed by atoms with E-state index in [4.69, 9.17) is 10.5 Å². The zero-order chi connectivity index (χ0) is 22.7. The van der Waals surface area contributed by atoms with Gasteiger partial charge < -0.3 is 15.8 Å². The van der Waals surface area contributed by atoms with E-state index in [-0.39, 0.29) is 18.1 Å². The Hall–Kier alpha value is -2.90. The Morgan fingerprint density at radius 1 is 1.16 bits per heavy atom. The van der Waals surface area contributed by atoms with E-state index in [0.717, 1.165) is 41.0 Å². The van der Waals surface area contributed by atoms with Crippen molar-refractivity contribution in [2.45, 2.75) is 45.7 Å². The van der Waals surface area contributed by atoms with Gasteiger partial charge in [0, 0.05) is 37.1 Å². The molecule has 170 valence electrons. The van der Waals surface area contributed by atoms with Crippen molar-refractivity contribution >= 4 is 29.3 Å². The van der Waals surface area contributed by atoms with Gasteiger partial charge in [0.15, 0.2) is 0 Å². The summed E-state index contributed by atoms with van der Waals surface area (Å²) in [7, 11) is 0. The largest absolute Gasteiger partial charge is 0.383 e. The van der Waals surface area contributed by atoms with Gasteiger partial charge in [0.05, 0.1) is 23.6 Å². The number of nitrogens with two attached hydrogens (primary N) is 1. The van der Waals surface area contributed by atoms with E-state index < -0.39 is 0 Å². The maximum atomic E-state index is 13.8. The van der Waals surface area contributed by atoms with Gasteiger partial charge >= 0.3 is 6.03 Å². The first-order valence-corrected chi connectivity index (χ1v) is 11.4. The molecule has 1 unspecified atom stereocenters. The number of rotatable bonds is 6. The molecule has 0 spiro atoms. The number of benzene rings is 2. The van der Waals surface area contributed by atoms with Crippen molar-refractivity contribution in [1.82, 2.24) is 5.01 Å². The number of nitrogens with one attached hydrogen (secondary N) is 1. The normalized spacial score (nSPS) is 18.0. The van der Waals surface area contributed by atoms with Crippen molar-refractivity contribution in [3.05, 3.63) is 53.6 Å². The van der Waals surface area contributed by atoms with E-state index in [1.807, 2.05) is 49.4 Å². The van der Waals surface area contributed by atoms with Crippen LogP contribution in [0.3, 0.4) is 0 Å². The van der Waals surface area contributed by atoms with Crippen molar-refractivity contribution in [3.63, 3.8) is 0 Å². The maximum absolute atomic E-state index is 13.8. The number of carbonyl (C=O) groups excluding carboxylic acids is 1. The average Bonchev–Trinajstić information content (AvgIpc) is 2.94. The van der Waals surface area contributed by atoms with Gasteiger partial charge in [0.25, 0.3) is 0 Å². The Kier molecular flexibility index (Phi) is 6.77. The van der Waals surface area contributed by atoms with E-state index in [2.05, 4.69) is 24.3 Å².